The maximum Gasteiger partial charge on any atom is 0.308 e. The van der Waals surface area contributed by atoms with Gasteiger partial charge in [0.15, 0.2) is 0 Å². The molecule has 0 radical (unpaired) electrons. The van der Waals surface area contributed by atoms with Gasteiger partial charge in [-0.3, -0.25) is 9.59 Å². The van der Waals surface area contributed by atoms with Crippen LogP contribution in [0.2, 0.25) is 0 Å². The summed E-state index contributed by atoms with van der Waals surface area (Å²) in [4.78, 5) is 22.7. The number of carbonyl (C=O) groups is 2. The van der Waals surface area contributed by atoms with Crippen LogP contribution in [0.3, 0.4) is 0 Å². The molecule has 0 saturated heterocycles. The Balaban J connectivity index is 2.43. The van der Waals surface area contributed by atoms with Gasteiger partial charge in [-0.05, 0) is 26.7 Å². The van der Waals surface area contributed by atoms with Crippen LogP contribution < -0.4 is 11.1 Å². The molecule has 2 unspecified atom stereocenters. The lowest BCUT2D eigenvalue weighted by molar-refractivity contribution is -0.142. The van der Waals surface area contributed by atoms with Crippen molar-refractivity contribution in [2.45, 2.75) is 64.0 Å². The second kappa shape index (κ2) is 6.18. The summed E-state index contributed by atoms with van der Waals surface area (Å²) in [5.74, 6) is -1.63. The van der Waals surface area contributed by atoms with Crippen LogP contribution >= 0.6 is 0 Å². The van der Waals surface area contributed by atoms with E-state index in [1.54, 1.807) is 13.8 Å². The van der Waals surface area contributed by atoms with Crippen LogP contribution in [0.25, 0.3) is 0 Å². The standard InChI is InChI=1S/C13H24N2O3/c1-9(12(17)18)10(2)15-11(16)8-13(14)6-4-3-5-7-13/h9-10H,3-8,14H2,1-2H3,(H,15,16)(H,17,18). The zero-order chi connectivity index (χ0) is 13.8. The number of carboxylic acid groups (broad SMARTS) is 1. The van der Waals surface area contributed by atoms with Crippen molar-refractivity contribution in [2.75, 3.05) is 0 Å². The Bertz CT molecular complexity index is 311. The summed E-state index contributed by atoms with van der Waals surface area (Å²) >= 11 is 0. The largest absolute Gasteiger partial charge is 0.481 e. The lowest BCUT2D eigenvalue weighted by atomic mass is 9.80. The number of carboxylic acids is 1. The van der Waals surface area contributed by atoms with Gasteiger partial charge >= 0.3 is 5.97 Å². The quantitative estimate of drug-likeness (QED) is 0.690. The number of hydrogen-bond acceptors (Lipinski definition) is 3. The monoisotopic (exact) mass is 256 g/mol. The highest BCUT2D eigenvalue weighted by Crippen LogP contribution is 2.28. The summed E-state index contributed by atoms with van der Waals surface area (Å²) in [6.45, 7) is 3.30. The van der Waals surface area contributed by atoms with E-state index < -0.39 is 17.4 Å². The normalized spacial score (nSPS) is 21.9. The molecule has 1 saturated carbocycles. The summed E-state index contributed by atoms with van der Waals surface area (Å²) in [6.07, 6.45) is 5.39. The Morgan fingerprint density at radius 3 is 2.33 bits per heavy atom. The lowest BCUT2D eigenvalue weighted by Gasteiger charge is -2.33. The van der Waals surface area contributed by atoms with E-state index in [1.165, 1.54) is 6.42 Å². The summed E-state index contributed by atoms with van der Waals surface area (Å²) in [7, 11) is 0. The zero-order valence-electron chi connectivity index (χ0n) is 11.2. The van der Waals surface area contributed by atoms with Gasteiger partial charge in [-0.2, -0.15) is 0 Å². The first-order chi connectivity index (χ1) is 8.34. The second-order valence-electron chi connectivity index (χ2n) is 5.58. The Kier molecular flexibility index (Phi) is 5.14. The summed E-state index contributed by atoms with van der Waals surface area (Å²) in [6, 6.07) is -0.373. The molecule has 0 aromatic rings. The van der Waals surface area contributed by atoms with Gasteiger partial charge in [-0.1, -0.05) is 19.3 Å². The second-order valence-corrected chi connectivity index (χ2v) is 5.58. The molecule has 0 spiro atoms. The van der Waals surface area contributed by atoms with Gasteiger partial charge in [0.2, 0.25) is 5.91 Å². The first-order valence-electron chi connectivity index (χ1n) is 6.65. The van der Waals surface area contributed by atoms with E-state index in [0.29, 0.717) is 6.42 Å². The van der Waals surface area contributed by atoms with Crippen molar-refractivity contribution in [3.8, 4) is 0 Å². The highest BCUT2D eigenvalue weighted by atomic mass is 16.4. The molecule has 1 fully saturated rings. The van der Waals surface area contributed by atoms with E-state index >= 15 is 0 Å². The van der Waals surface area contributed by atoms with Gasteiger partial charge in [0, 0.05) is 18.0 Å². The van der Waals surface area contributed by atoms with Gasteiger partial charge in [-0.25, -0.2) is 0 Å². The van der Waals surface area contributed by atoms with Crippen LogP contribution in [0.1, 0.15) is 52.4 Å². The third kappa shape index (κ3) is 4.29. The first-order valence-corrected chi connectivity index (χ1v) is 6.65. The Labute approximate surface area is 108 Å². The molecule has 4 N–H and O–H groups in total. The molecule has 5 nitrogen and oxygen atoms in total. The van der Waals surface area contributed by atoms with E-state index in [9.17, 15) is 9.59 Å². The fraction of sp³-hybridized carbons (Fsp3) is 0.846. The summed E-state index contributed by atoms with van der Waals surface area (Å²) in [5, 5.41) is 11.6. The maximum absolute atomic E-state index is 11.9. The molecule has 0 aromatic heterocycles. The van der Waals surface area contributed by atoms with Crippen LogP contribution in [-0.4, -0.2) is 28.6 Å². The van der Waals surface area contributed by atoms with Gasteiger partial charge in [0.1, 0.15) is 0 Å². The maximum atomic E-state index is 11.9. The topological polar surface area (TPSA) is 92.4 Å². The minimum Gasteiger partial charge on any atom is -0.481 e. The van der Waals surface area contributed by atoms with E-state index in [0.717, 1.165) is 25.7 Å². The van der Waals surface area contributed by atoms with Gasteiger partial charge < -0.3 is 16.2 Å². The first kappa shape index (κ1) is 15.0. The molecule has 104 valence electrons. The Hall–Kier alpha value is -1.10. The fourth-order valence-corrected chi connectivity index (χ4v) is 2.40. The average Bonchev–Trinajstić information content (AvgIpc) is 2.27. The minimum absolute atomic E-state index is 0.139. The van der Waals surface area contributed by atoms with Crippen molar-refractivity contribution >= 4 is 11.9 Å². The van der Waals surface area contributed by atoms with Crippen molar-refractivity contribution in [3.05, 3.63) is 0 Å². The number of aliphatic carboxylic acids is 1. The van der Waals surface area contributed by atoms with Gasteiger partial charge in [0.05, 0.1) is 5.92 Å². The molecular formula is C13H24N2O3. The van der Waals surface area contributed by atoms with E-state index in [2.05, 4.69) is 5.32 Å². The molecule has 0 heterocycles. The van der Waals surface area contributed by atoms with Crippen molar-refractivity contribution in [1.29, 1.82) is 0 Å². The molecule has 1 amide bonds. The molecule has 1 rings (SSSR count). The summed E-state index contributed by atoms with van der Waals surface area (Å²) in [5.41, 5.74) is 5.80. The third-order valence-corrected chi connectivity index (χ3v) is 3.89. The predicted octanol–water partition coefficient (Wildman–Crippen LogP) is 1.26. The number of nitrogens with one attached hydrogen (secondary N) is 1. The number of amides is 1. The average molecular weight is 256 g/mol. The Morgan fingerprint density at radius 2 is 1.83 bits per heavy atom. The smallest absolute Gasteiger partial charge is 0.308 e. The highest BCUT2D eigenvalue weighted by molar-refractivity contribution is 5.79. The SMILES string of the molecule is CC(NC(=O)CC1(N)CCCCC1)C(C)C(=O)O. The van der Waals surface area contributed by atoms with E-state index in [-0.39, 0.29) is 11.9 Å². The fourth-order valence-electron chi connectivity index (χ4n) is 2.40. The number of carbonyl (C=O) groups excluding carboxylic acids is 1. The van der Waals surface area contributed by atoms with E-state index in [4.69, 9.17) is 10.8 Å². The molecule has 2 atom stereocenters. The molecule has 18 heavy (non-hydrogen) atoms. The molecule has 0 bridgehead atoms. The number of hydrogen-bond donors (Lipinski definition) is 3. The summed E-state index contributed by atoms with van der Waals surface area (Å²) < 4.78 is 0. The van der Waals surface area contributed by atoms with Crippen molar-refractivity contribution in [3.63, 3.8) is 0 Å². The van der Waals surface area contributed by atoms with Gasteiger partial charge in [0.25, 0.3) is 0 Å². The lowest BCUT2D eigenvalue weighted by Crippen LogP contribution is -2.48. The number of nitrogens with two attached hydrogens (primary N) is 1. The molecule has 1 aliphatic carbocycles. The van der Waals surface area contributed by atoms with Crippen molar-refractivity contribution in [1.82, 2.24) is 5.32 Å². The molecule has 5 heteroatoms. The highest BCUT2D eigenvalue weighted by Gasteiger charge is 2.31. The Morgan fingerprint density at radius 1 is 1.28 bits per heavy atom. The van der Waals surface area contributed by atoms with Crippen LogP contribution in [0, 0.1) is 5.92 Å². The molecule has 0 aromatic carbocycles. The van der Waals surface area contributed by atoms with Gasteiger partial charge in [-0.15, -0.1) is 0 Å². The zero-order valence-corrected chi connectivity index (χ0v) is 11.2. The molecule has 0 aliphatic heterocycles. The van der Waals surface area contributed by atoms with Crippen LogP contribution in [0.4, 0.5) is 0 Å². The molecule has 1 aliphatic rings. The predicted molar refractivity (Wildman–Crippen MR) is 69.0 cm³/mol. The van der Waals surface area contributed by atoms with Crippen molar-refractivity contribution in [2.24, 2.45) is 11.7 Å². The third-order valence-electron chi connectivity index (χ3n) is 3.89. The van der Waals surface area contributed by atoms with Crippen LogP contribution in [0.5, 0.6) is 0 Å². The van der Waals surface area contributed by atoms with Crippen molar-refractivity contribution < 1.29 is 14.7 Å². The van der Waals surface area contributed by atoms with E-state index in [1.807, 2.05) is 0 Å². The minimum atomic E-state index is -0.900. The van der Waals surface area contributed by atoms with Crippen LogP contribution in [-0.2, 0) is 9.59 Å². The molecular weight excluding hydrogens is 232 g/mol. The van der Waals surface area contributed by atoms with Crippen LogP contribution in [0.15, 0.2) is 0 Å². The number of rotatable bonds is 5.